The lowest BCUT2D eigenvalue weighted by molar-refractivity contribution is -0.137. The van der Waals surface area contributed by atoms with E-state index in [-0.39, 0.29) is 12.6 Å². The van der Waals surface area contributed by atoms with E-state index in [0.717, 1.165) is 18.6 Å². The Morgan fingerprint density at radius 3 is 2.68 bits per heavy atom. The van der Waals surface area contributed by atoms with Crippen molar-refractivity contribution in [1.82, 2.24) is 4.72 Å². The lowest BCUT2D eigenvalue weighted by Gasteiger charge is -2.13. The number of hydrogen-bond acceptors (Lipinski definition) is 4. The third kappa shape index (κ3) is 3.76. The largest absolute Gasteiger partial charge is 0.417 e. The van der Waals surface area contributed by atoms with Gasteiger partial charge < -0.3 is 4.74 Å². The van der Waals surface area contributed by atoms with E-state index in [0.29, 0.717) is 19.1 Å². The Morgan fingerprint density at radius 1 is 1.41 bits per heavy atom. The molecule has 1 aliphatic rings. The lowest BCUT2D eigenvalue weighted by atomic mass is 10.1. The molecule has 1 aromatic rings. The van der Waals surface area contributed by atoms with Gasteiger partial charge in [0.05, 0.1) is 28.2 Å². The van der Waals surface area contributed by atoms with Crippen molar-refractivity contribution in [3.8, 4) is 6.07 Å². The summed E-state index contributed by atoms with van der Waals surface area (Å²) in [6.07, 6.45) is -3.55. The van der Waals surface area contributed by atoms with Gasteiger partial charge in [-0.2, -0.15) is 18.4 Å². The van der Waals surface area contributed by atoms with E-state index in [1.54, 1.807) is 0 Å². The van der Waals surface area contributed by atoms with E-state index >= 15 is 0 Å². The quantitative estimate of drug-likeness (QED) is 0.914. The van der Waals surface area contributed by atoms with Crippen LogP contribution in [0.25, 0.3) is 0 Å². The molecule has 1 atom stereocenters. The normalized spacial score (nSPS) is 19.1. The van der Waals surface area contributed by atoms with Crippen molar-refractivity contribution in [1.29, 1.82) is 5.26 Å². The predicted octanol–water partition coefficient (Wildman–Crippen LogP) is 2.03. The number of ether oxygens (including phenoxy) is 1. The van der Waals surface area contributed by atoms with E-state index in [9.17, 15) is 21.6 Å². The minimum atomic E-state index is -4.80. The number of hydrogen-bond donors (Lipinski definition) is 1. The van der Waals surface area contributed by atoms with Crippen molar-refractivity contribution in [3.05, 3.63) is 29.3 Å². The monoisotopic (exact) mass is 334 g/mol. The first-order chi connectivity index (χ1) is 10.2. The van der Waals surface area contributed by atoms with Crippen LogP contribution in [0.1, 0.15) is 24.0 Å². The Labute approximate surface area is 125 Å². The zero-order valence-electron chi connectivity index (χ0n) is 11.4. The van der Waals surface area contributed by atoms with Gasteiger partial charge in [0.1, 0.15) is 0 Å². The van der Waals surface area contributed by atoms with Gasteiger partial charge in [-0.3, -0.25) is 0 Å². The highest BCUT2D eigenvalue weighted by Gasteiger charge is 2.35. The molecule has 0 aromatic heterocycles. The zero-order chi connectivity index (χ0) is 16.4. The lowest BCUT2D eigenvalue weighted by Crippen LogP contribution is -2.32. The molecule has 0 spiro atoms. The predicted molar refractivity (Wildman–Crippen MR) is 70.3 cm³/mol. The first-order valence-corrected chi connectivity index (χ1v) is 7.95. The van der Waals surface area contributed by atoms with Gasteiger partial charge >= 0.3 is 6.18 Å². The maximum Gasteiger partial charge on any atom is 0.417 e. The summed E-state index contributed by atoms with van der Waals surface area (Å²) in [4.78, 5) is -0.531. The molecular formula is C13H13F3N2O3S. The molecule has 1 aromatic carbocycles. The van der Waals surface area contributed by atoms with Gasteiger partial charge in [-0.1, -0.05) is 0 Å². The molecule has 120 valence electrons. The van der Waals surface area contributed by atoms with Gasteiger partial charge in [-0.15, -0.1) is 0 Å². The molecule has 0 unspecified atom stereocenters. The second-order valence-corrected chi connectivity index (χ2v) is 6.57. The highest BCUT2D eigenvalue weighted by atomic mass is 32.2. The van der Waals surface area contributed by atoms with Crippen LogP contribution in [0.5, 0.6) is 0 Å². The number of sulfonamides is 1. The fourth-order valence-electron chi connectivity index (χ4n) is 2.11. The Hall–Kier alpha value is -1.63. The highest BCUT2D eigenvalue weighted by molar-refractivity contribution is 7.89. The maximum atomic E-state index is 12.8. The standard InChI is InChI=1S/C13H13F3N2O3S/c14-13(15,16)12-6-11(4-3-9(12)7-17)22(19,20)18-8-10-2-1-5-21-10/h3-4,6,10,18H,1-2,5,8H2/t10-/m1/s1. The molecule has 0 amide bonds. The number of halogens is 3. The Kier molecular flexibility index (Phi) is 4.75. The first-order valence-electron chi connectivity index (χ1n) is 6.46. The van der Waals surface area contributed by atoms with Crippen molar-refractivity contribution in [3.63, 3.8) is 0 Å². The van der Waals surface area contributed by atoms with Gasteiger partial charge in [-0.25, -0.2) is 13.1 Å². The van der Waals surface area contributed by atoms with Crippen LogP contribution in [-0.4, -0.2) is 27.7 Å². The van der Waals surface area contributed by atoms with Crippen molar-refractivity contribution in [2.45, 2.75) is 30.0 Å². The van der Waals surface area contributed by atoms with Gasteiger partial charge in [0.2, 0.25) is 10.0 Å². The van der Waals surface area contributed by atoms with Crippen molar-refractivity contribution < 1.29 is 26.3 Å². The summed E-state index contributed by atoms with van der Waals surface area (Å²) in [5.74, 6) is 0. The average Bonchev–Trinajstić information content (AvgIpc) is 2.97. The summed E-state index contributed by atoms with van der Waals surface area (Å²) >= 11 is 0. The minimum absolute atomic E-state index is 0.00366. The van der Waals surface area contributed by atoms with Crippen molar-refractivity contribution in [2.75, 3.05) is 13.2 Å². The molecule has 0 saturated carbocycles. The molecule has 1 saturated heterocycles. The molecule has 1 fully saturated rings. The topological polar surface area (TPSA) is 79.2 Å². The van der Waals surface area contributed by atoms with Crippen LogP contribution >= 0.6 is 0 Å². The summed E-state index contributed by atoms with van der Waals surface area (Å²) in [5, 5.41) is 8.69. The summed E-state index contributed by atoms with van der Waals surface area (Å²) in [5.41, 5.74) is -1.89. The van der Waals surface area contributed by atoms with E-state index in [4.69, 9.17) is 10.00 Å². The molecule has 5 nitrogen and oxygen atoms in total. The van der Waals surface area contributed by atoms with Crippen LogP contribution in [0.4, 0.5) is 13.2 Å². The highest BCUT2D eigenvalue weighted by Crippen LogP contribution is 2.33. The molecule has 9 heteroatoms. The first kappa shape index (κ1) is 16.7. The van der Waals surface area contributed by atoms with Gasteiger partial charge in [0.25, 0.3) is 0 Å². The Morgan fingerprint density at radius 2 is 2.14 bits per heavy atom. The van der Waals surface area contributed by atoms with E-state index in [2.05, 4.69) is 4.72 Å². The number of nitriles is 1. The maximum absolute atomic E-state index is 12.8. The molecule has 1 heterocycles. The number of benzene rings is 1. The number of nitrogens with zero attached hydrogens (tertiary/aromatic N) is 1. The van der Waals surface area contributed by atoms with Crippen molar-refractivity contribution >= 4 is 10.0 Å². The van der Waals surface area contributed by atoms with Crippen LogP contribution in [0.2, 0.25) is 0 Å². The third-order valence-corrected chi connectivity index (χ3v) is 4.67. The number of nitrogens with one attached hydrogen (secondary N) is 1. The fourth-order valence-corrected chi connectivity index (χ4v) is 3.21. The van der Waals surface area contributed by atoms with Crippen LogP contribution in [0.3, 0.4) is 0 Å². The van der Waals surface area contributed by atoms with E-state index in [1.165, 1.54) is 6.07 Å². The average molecular weight is 334 g/mol. The second kappa shape index (κ2) is 6.24. The molecule has 2 rings (SSSR count). The Balaban J connectivity index is 2.25. The Bertz CT molecular complexity index is 689. The van der Waals surface area contributed by atoms with Crippen molar-refractivity contribution in [2.24, 2.45) is 0 Å². The molecule has 1 N–H and O–H groups in total. The summed E-state index contributed by atoms with van der Waals surface area (Å²) in [6.45, 7) is 0.547. The van der Waals surface area contributed by atoms with Crippen LogP contribution in [0.15, 0.2) is 23.1 Å². The number of rotatable bonds is 4. The van der Waals surface area contributed by atoms with Crippen LogP contribution < -0.4 is 4.72 Å². The van der Waals surface area contributed by atoms with Gasteiger partial charge in [-0.05, 0) is 31.0 Å². The molecule has 0 aliphatic carbocycles. The molecular weight excluding hydrogens is 321 g/mol. The summed E-state index contributed by atoms with van der Waals surface area (Å²) in [6, 6.07) is 3.70. The second-order valence-electron chi connectivity index (χ2n) is 4.80. The third-order valence-electron chi connectivity index (χ3n) is 3.25. The molecule has 0 bridgehead atoms. The summed E-state index contributed by atoms with van der Waals surface area (Å²) in [7, 11) is -4.09. The minimum Gasteiger partial charge on any atom is -0.377 e. The van der Waals surface area contributed by atoms with E-state index in [1.807, 2.05) is 0 Å². The van der Waals surface area contributed by atoms with Crippen LogP contribution in [-0.2, 0) is 20.9 Å². The van der Waals surface area contributed by atoms with Gasteiger partial charge in [0.15, 0.2) is 0 Å². The zero-order valence-corrected chi connectivity index (χ0v) is 12.2. The molecule has 0 radical (unpaired) electrons. The fraction of sp³-hybridized carbons (Fsp3) is 0.462. The van der Waals surface area contributed by atoms with E-state index < -0.39 is 32.2 Å². The SMILES string of the molecule is N#Cc1ccc(S(=O)(=O)NC[C@H]2CCCO2)cc1C(F)(F)F. The van der Waals surface area contributed by atoms with Crippen LogP contribution in [0, 0.1) is 11.3 Å². The summed E-state index contributed by atoms with van der Waals surface area (Å²) < 4.78 is 70.1. The number of alkyl halides is 3. The van der Waals surface area contributed by atoms with Gasteiger partial charge in [0, 0.05) is 13.2 Å². The smallest absolute Gasteiger partial charge is 0.377 e. The molecule has 22 heavy (non-hydrogen) atoms. The molecule has 1 aliphatic heterocycles.